The predicted molar refractivity (Wildman–Crippen MR) is 142 cm³/mol. The summed E-state index contributed by atoms with van der Waals surface area (Å²) in [4.78, 5) is 21.8. The topological polar surface area (TPSA) is 51.3 Å². The standard InChI is InChI=1S/C20H25N3O.C5H12N2.C2H6O/c1-17-7-6-10-19(15-17)23(18-8-4-3-5-9-18)20(24)16-22-13-11-21(2)12-14-22;1-7-4-2-6-3-5-7;1-3-2/h3-10,15H,11-14,16H2,1-2H3;6H,2-5H2,1H3;1-2H3. The summed E-state index contributed by atoms with van der Waals surface area (Å²) in [6.07, 6.45) is 0. The number of anilines is 2. The molecule has 0 atom stereocenters. The molecule has 4 rings (SSSR count). The number of para-hydroxylation sites is 1. The van der Waals surface area contributed by atoms with Crippen LogP contribution in [0.4, 0.5) is 11.4 Å². The van der Waals surface area contributed by atoms with Crippen molar-refractivity contribution in [3.63, 3.8) is 0 Å². The molecule has 2 aliphatic rings. The van der Waals surface area contributed by atoms with Gasteiger partial charge in [-0.15, -0.1) is 0 Å². The van der Waals surface area contributed by atoms with Crippen molar-refractivity contribution in [2.45, 2.75) is 6.92 Å². The molecule has 0 radical (unpaired) electrons. The number of aryl methyl sites for hydroxylation is 1. The fraction of sp³-hybridized carbons (Fsp3) is 0.519. The SMILES string of the molecule is CN1CCNCC1.COC.Cc1cccc(N(C(=O)CN2CCN(C)CC2)c2ccccc2)c1. The molecule has 2 fully saturated rings. The van der Waals surface area contributed by atoms with Gasteiger partial charge in [-0.1, -0.05) is 30.3 Å². The summed E-state index contributed by atoms with van der Waals surface area (Å²) >= 11 is 0. The number of nitrogens with zero attached hydrogens (tertiary/aromatic N) is 4. The van der Waals surface area contributed by atoms with Crippen LogP contribution >= 0.6 is 0 Å². The Labute approximate surface area is 206 Å². The van der Waals surface area contributed by atoms with Crippen molar-refractivity contribution in [1.82, 2.24) is 20.0 Å². The number of rotatable bonds is 4. The monoisotopic (exact) mass is 469 g/mol. The van der Waals surface area contributed by atoms with Gasteiger partial charge in [-0.2, -0.15) is 0 Å². The van der Waals surface area contributed by atoms with Crippen molar-refractivity contribution in [1.29, 1.82) is 0 Å². The van der Waals surface area contributed by atoms with Crippen LogP contribution in [0.25, 0.3) is 0 Å². The van der Waals surface area contributed by atoms with E-state index in [9.17, 15) is 4.79 Å². The quantitative estimate of drug-likeness (QED) is 0.743. The molecule has 2 aromatic carbocycles. The average Bonchev–Trinajstić information content (AvgIpc) is 2.83. The highest BCUT2D eigenvalue weighted by molar-refractivity contribution is 6.01. The largest absolute Gasteiger partial charge is 0.388 e. The minimum Gasteiger partial charge on any atom is -0.388 e. The Morgan fingerprint density at radius 2 is 1.41 bits per heavy atom. The van der Waals surface area contributed by atoms with Gasteiger partial charge in [0.2, 0.25) is 5.91 Å². The second-order valence-corrected chi connectivity index (χ2v) is 8.94. The summed E-state index contributed by atoms with van der Waals surface area (Å²) in [5.41, 5.74) is 3.00. The number of ether oxygens (including phenoxy) is 1. The number of carbonyl (C=O) groups is 1. The maximum absolute atomic E-state index is 13.1. The number of nitrogens with one attached hydrogen (secondary N) is 1. The Morgan fingerprint density at radius 3 is 1.94 bits per heavy atom. The summed E-state index contributed by atoms with van der Waals surface area (Å²) in [5.74, 6) is 0.122. The summed E-state index contributed by atoms with van der Waals surface area (Å²) in [6.45, 7) is 11.2. The van der Waals surface area contributed by atoms with Crippen LogP contribution in [0.5, 0.6) is 0 Å². The van der Waals surface area contributed by atoms with E-state index in [1.165, 1.54) is 13.1 Å². The molecule has 2 saturated heterocycles. The molecule has 0 aliphatic carbocycles. The third-order valence-corrected chi connectivity index (χ3v) is 5.82. The van der Waals surface area contributed by atoms with Crippen molar-refractivity contribution < 1.29 is 9.53 Å². The molecule has 1 N–H and O–H groups in total. The first-order chi connectivity index (χ1) is 16.4. The highest BCUT2D eigenvalue weighted by atomic mass is 16.4. The second-order valence-electron chi connectivity index (χ2n) is 8.94. The molecule has 7 nitrogen and oxygen atoms in total. The Kier molecular flexibility index (Phi) is 12.8. The molecular formula is C27H43N5O2. The van der Waals surface area contributed by atoms with Gasteiger partial charge in [-0.05, 0) is 50.8 Å². The predicted octanol–water partition coefficient (Wildman–Crippen LogP) is 2.69. The lowest BCUT2D eigenvalue weighted by Gasteiger charge is -2.33. The van der Waals surface area contributed by atoms with E-state index in [1.807, 2.05) is 47.4 Å². The Balaban J connectivity index is 0.000000341. The zero-order valence-corrected chi connectivity index (χ0v) is 21.7. The van der Waals surface area contributed by atoms with E-state index in [2.05, 4.69) is 57.9 Å². The molecule has 188 valence electrons. The van der Waals surface area contributed by atoms with Crippen molar-refractivity contribution >= 4 is 17.3 Å². The van der Waals surface area contributed by atoms with Crippen LogP contribution < -0.4 is 10.2 Å². The third-order valence-electron chi connectivity index (χ3n) is 5.82. The first-order valence-electron chi connectivity index (χ1n) is 12.1. The first kappa shape index (κ1) is 28.0. The minimum absolute atomic E-state index is 0.122. The van der Waals surface area contributed by atoms with E-state index in [1.54, 1.807) is 14.2 Å². The summed E-state index contributed by atoms with van der Waals surface area (Å²) in [6, 6.07) is 18.0. The fourth-order valence-corrected chi connectivity index (χ4v) is 3.83. The van der Waals surface area contributed by atoms with Gasteiger partial charge >= 0.3 is 0 Å². The molecule has 1 amide bonds. The van der Waals surface area contributed by atoms with Gasteiger partial charge in [-0.25, -0.2) is 0 Å². The van der Waals surface area contributed by atoms with Crippen molar-refractivity contribution in [2.75, 3.05) is 92.1 Å². The van der Waals surface area contributed by atoms with Crippen LogP contribution in [-0.4, -0.2) is 108 Å². The third kappa shape index (κ3) is 9.91. The lowest BCUT2D eigenvalue weighted by atomic mass is 10.1. The van der Waals surface area contributed by atoms with Crippen LogP contribution in [0.3, 0.4) is 0 Å². The van der Waals surface area contributed by atoms with Gasteiger partial charge in [-0.3, -0.25) is 14.6 Å². The van der Waals surface area contributed by atoms with E-state index in [0.29, 0.717) is 6.54 Å². The number of likely N-dealkylation sites (N-methyl/N-ethyl adjacent to an activating group) is 2. The van der Waals surface area contributed by atoms with Crippen LogP contribution in [-0.2, 0) is 9.53 Å². The fourth-order valence-electron chi connectivity index (χ4n) is 3.83. The van der Waals surface area contributed by atoms with E-state index >= 15 is 0 Å². The lowest BCUT2D eigenvalue weighted by Crippen LogP contribution is -2.48. The molecule has 0 unspecified atom stereocenters. The number of carbonyl (C=O) groups excluding carboxylic acids is 1. The smallest absolute Gasteiger partial charge is 0.245 e. The molecule has 2 aliphatic heterocycles. The van der Waals surface area contributed by atoms with E-state index < -0.39 is 0 Å². The highest BCUT2D eigenvalue weighted by Crippen LogP contribution is 2.26. The van der Waals surface area contributed by atoms with Gasteiger partial charge in [0, 0.05) is 78.0 Å². The molecule has 0 spiro atoms. The molecule has 0 bridgehead atoms. The summed E-state index contributed by atoms with van der Waals surface area (Å²) in [5, 5.41) is 3.27. The number of hydrogen-bond donors (Lipinski definition) is 1. The van der Waals surface area contributed by atoms with Gasteiger partial charge in [0.05, 0.1) is 6.54 Å². The van der Waals surface area contributed by atoms with E-state index in [4.69, 9.17) is 0 Å². The van der Waals surface area contributed by atoms with Gasteiger partial charge in [0.1, 0.15) is 0 Å². The second kappa shape index (κ2) is 15.6. The molecule has 0 aromatic heterocycles. The number of methoxy groups -OCH3 is 1. The molecule has 2 aromatic rings. The highest BCUT2D eigenvalue weighted by Gasteiger charge is 2.22. The zero-order chi connectivity index (χ0) is 24.8. The maximum atomic E-state index is 13.1. The normalized spacial score (nSPS) is 17.1. The molecule has 2 heterocycles. The van der Waals surface area contributed by atoms with Gasteiger partial charge in [0.15, 0.2) is 0 Å². The zero-order valence-electron chi connectivity index (χ0n) is 21.7. The Hall–Kier alpha value is -2.29. The van der Waals surface area contributed by atoms with Crippen LogP contribution in [0.15, 0.2) is 54.6 Å². The van der Waals surface area contributed by atoms with Gasteiger partial charge < -0.3 is 19.9 Å². The van der Waals surface area contributed by atoms with Crippen molar-refractivity contribution in [3.05, 3.63) is 60.2 Å². The first-order valence-corrected chi connectivity index (χ1v) is 12.1. The number of piperazine rings is 2. The lowest BCUT2D eigenvalue weighted by molar-refractivity contribution is -0.119. The van der Waals surface area contributed by atoms with Gasteiger partial charge in [0.25, 0.3) is 0 Å². The van der Waals surface area contributed by atoms with Crippen LogP contribution in [0.2, 0.25) is 0 Å². The molecule has 7 heteroatoms. The Bertz CT molecular complexity index is 819. The van der Waals surface area contributed by atoms with Crippen molar-refractivity contribution in [2.24, 2.45) is 0 Å². The summed E-state index contributed by atoms with van der Waals surface area (Å²) in [7, 11) is 7.53. The van der Waals surface area contributed by atoms with Crippen LogP contribution in [0.1, 0.15) is 5.56 Å². The molecule has 0 saturated carbocycles. The summed E-state index contributed by atoms with van der Waals surface area (Å²) < 4.78 is 4.25. The maximum Gasteiger partial charge on any atom is 0.245 e. The average molecular weight is 470 g/mol. The molecular weight excluding hydrogens is 426 g/mol. The van der Waals surface area contributed by atoms with Crippen molar-refractivity contribution in [3.8, 4) is 0 Å². The van der Waals surface area contributed by atoms with E-state index in [0.717, 1.165) is 56.2 Å². The number of amides is 1. The van der Waals surface area contributed by atoms with E-state index in [-0.39, 0.29) is 5.91 Å². The van der Waals surface area contributed by atoms with Crippen LogP contribution in [0, 0.1) is 6.92 Å². The minimum atomic E-state index is 0.122. The number of hydrogen-bond acceptors (Lipinski definition) is 6. The number of benzene rings is 2. The molecule has 34 heavy (non-hydrogen) atoms. The Morgan fingerprint density at radius 1 is 0.853 bits per heavy atom.